The minimum Gasteiger partial charge on any atom is -0.460 e. The van der Waals surface area contributed by atoms with E-state index >= 15 is 0 Å². The van der Waals surface area contributed by atoms with E-state index in [0.717, 1.165) is 0 Å². The van der Waals surface area contributed by atoms with Crippen LogP contribution in [0.3, 0.4) is 0 Å². The highest BCUT2D eigenvalue weighted by Crippen LogP contribution is 2.29. The van der Waals surface area contributed by atoms with Gasteiger partial charge in [0.2, 0.25) is 11.9 Å². The Morgan fingerprint density at radius 1 is 0.603 bits per heavy atom. The number of alkyl carbamates (subject to hydrolysis) is 1. The van der Waals surface area contributed by atoms with Crippen LogP contribution in [0, 0.1) is 0 Å². The maximum absolute atomic E-state index is 14.1. The van der Waals surface area contributed by atoms with Gasteiger partial charge in [0.25, 0.3) is 0 Å². The summed E-state index contributed by atoms with van der Waals surface area (Å²) in [4.78, 5) is 99.8. The molecular formula is C48H69N7O13. The summed E-state index contributed by atoms with van der Waals surface area (Å²) in [5.74, 6) is -3.16. The van der Waals surface area contributed by atoms with Gasteiger partial charge in [-0.1, -0.05) is 0 Å². The first kappa shape index (κ1) is 55.7. The second-order valence-corrected chi connectivity index (χ2v) is 21.1. The Labute approximate surface area is 398 Å². The number of guanidine groups is 1. The van der Waals surface area contributed by atoms with Gasteiger partial charge in [0.05, 0.1) is 17.7 Å². The molecule has 3 aromatic rings. The number of esters is 4. The normalized spacial score (nSPS) is 12.7. The van der Waals surface area contributed by atoms with E-state index in [1.807, 2.05) is 0 Å². The fourth-order valence-corrected chi connectivity index (χ4v) is 6.27. The minimum absolute atomic E-state index is 0.0215. The lowest BCUT2D eigenvalue weighted by Gasteiger charge is -2.36. The number of carbonyl (C=O) groups is 7. The smallest absolute Gasteiger partial charge is 0.437 e. The molecule has 0 unspecified atom stereocenters. The molecule has 0 atom stereocenters. The Balaban J connectivity index is 1.87. The van der Waals surface area contributed by atoms with Crippen LogP contribution in [-0.2, 0) is 49.3 Å². The number of anilines is 1. The molecule has 0 saturated carbocycles. The summed E-state index contributed by atoms with van der Waals surface area (Å²) in [6, 6.07) is 8.84. The summed E-state index contributed by atoms with van der Waals surface area (Å²) < 4.78 is 34.3. The number of hydrogen-bond donors (Lipinski definition) is 3. The van der Waals surface area contributed by atoms with E-state index < -0.39 is 75.5 Å². The lowest BCUT2D eigenvalue weighted by Crippen LogP contribution is -2.50. The topological polar surface area (TPSA) is 254 Å². The van der Waals surface area contributed by atoms with Gasteiger partial charge in [0.1, 0.15) is 34.3 Å². The third-order valence-corrected chi connectivity index (χ3v) is 8.70. The molecule has 0 aliphatic rings. The number of hydrogen-bond acceptors (Lipinski definition) is 15. The second-order valence-electron chi connectivity index (χ2n) is 21.1. The number of carbonyl (C=O) groups excluding carboxylic acids is 7. The van der Waals surface area contributed by atoms with Crippen LogP contribution in [0.1, 0.15) is 158 Å². The van der Waals surface area contributed by atoms with Crippen molar-refractivity contribution in [3.8, 4) is 5.75 Å². The second kappa shape index (κ2) is 22.5. The number of aromatic nitrogens is 3. The number of nitrogens with one attached hydrogen (secondary N) is 3. The van der Waals surface area contributed by atoms with Gasteiger partial charge in [0, 0.05) is 30.5 Å². The predicted molar refractivity (Wildman–Crippen MR) is 251 cm³/mol. The highest BCUT2D eigenvalue weighted by molar-refractivity contribution is 6.06. The highest BCUT2D eigenvalue weighted by Gasteiger charge is 2.36. The Kier molecular flexibility index (Phi) is 18.4. The summed E-state index contributed by atoms with van der Waals surface area (Å²) in [6.07, 6.45) is -1.26. The molecule has 68 heavy (non-hydrogen) atoms. The predicted octanol–water partition coefficient (Wildman–Crippen LogP) is 7.94. The first-order valence-electron chi connectivity index (χ1n) is 22.3. The van der Waals surface area contributed by atoms with Gasteiger partial charge in [-0.2, -0.15) is 5.10 Å². The number of pyridine rings is 1. The molecule has 3 amide bonds. The number of fused-ring (bicyclic) bond motifs is 1. The maximum atomic E-state index is 14.1. The molecule has 0 spiro atoms. The van der Waals surface area contributed by atoms with Crippen molar-refractivity contribution in [2.45, 2.75) is 182 Å². The van der Waals surface area contributed by atoms with Gasteiger partial charge >= 0.3 is 36.1 Å². The van der Waals surface area contributed by atoms with Crippen LogP contribution < -0.4 is 20.7 Å². The van der Waals surface area contributed by atoms with E-state index in [9.17, 15) is 33.6 Å². The molecule has 0 aliphatic heterocycles. The number of amides is 3. The molecule has 0 fully saturated rings. The number of rotatable bonds is 15. The van der Waals surface area contributed by atoms with Crippen LogP contribution in [0.4, 0.5) is 15.3 Å². The van der Waals surface area contributed by atoms with E-state index in [1.54, 1.807) is 104 Å². The fraction of sp³-hybridized carbons (Fsp3) is 0.583. The Bertz CT molecular complexity index is 2240. The molecule has 20 heteroatoms. The van der Waals surface area contributed by atoms with Crippen LogP contribution in [0.25, 0.3) is 5.65 Å². The monoisotopic (exact) mass is 951 g/mol. The molecule has 0 bridgehead atoms. The average Bonchev–Trinajstić information content (AvgIpc) is 3.64. The fourth-order valence-electron chi connectivity index (χ4n) is 6.27. The Hall–Kier alpha value is -6.60. The van der Waals surface area contributed by atoms with Gasteiger partial charge in [0.15, 0.2) is 11.4 Å². The molecule has 0 aliphatic carbocycles. The van der Waals surface area contributed by atoms with Crippen molar-refractivity contribution in [3.05, 3.63) is 54.0 Å². The molecule has 3 rings (SSSR count). The third kappa shape index (κ3) is 20.9. The average molecular weight is 952 g/mol. The first-order valence-corrected chi connectivity index (χ1v) is 22.3. The van der Waals surface area contributed by atoms with Gasteiger partial charge in [-0.05, 0) is 160 Å². The largest absolute Gasteiger partial charge is 0.460 e. The Morgan fingerprint density at radius 2 is 1.07 bits per heavy atom. The van der Waals surface area contributed by atoms with Crippen molar-refractivity contribution in [3.63, 3.8) is 0 Å². The Morgan fingerprint density at radius 3 is 1.53 bits per heavy atom. The molecule has 3 N–H and O–H groups in total. The van der Waals surface area contributed by atoms with Crippen molar-refractivity contribution in [2.75, 3.05) is 5.32 Å². The van der Waals surface area contributed by atoms with Gasteiger partial charge in [-0.15, -0.1) is 4.99 Å². The summed E-state index contributed by atoms with van der Waals surface area (Å²) in [5.41, 5.74) is -4.42. The summed E-state index contributed by atoms with van der Waals surface area (Å²) in [7, 11) is 0. The lowest BCUT2D eigenvalue weighted by molar-refractivity contribution is -0.155. The minimum atomic E-state index is -1.27. The molecule has 374 valence electrons. The van der Waals surface area contributed by atoms with Crippen LogP contribution >= 0.6 is 0 Å². The van der Waals surface area contributed by atoms with Crippen LogP contribution in [0.15, 0.2) is 47.7 Å². The van der Waals surface area contributed by atoms with Crippen LogP contribution in [0.2, 0.25) is 0 Å². The van der Waals surface area contributed by atoms with Crippen LogP contribution in [0.5, 0.6) is 5.75 Å². The number of nitrogens with zero attached hydrogens (tertiary/aromatic N) is 4. The van der Waals surface area contributed by atoms with E-state index in [1.165, 1.54) is 47.2 Å². The third-order valence-electron chi connectivity index (χ3n) is 8.70. The summed E-state index contributed by atoms with van der Waals surface area (Å²) in [5, 5.41) is 12.5. The van der Waals surface area contributed by atoms with E-state index in [2.05, 4.69) is 31.0 Å². The van der Waals surface area contributed by atoms with Gasteiger partial charge in [-0.25, -0.2) is 23.9 Å². The number of aliphatic imine (C=N–C) groups is 1. The molecular weight excluding hydrogens is 883 g/mol. The summed E-state index contributed by atoms with van der Waals surface area (Å²) in [6.45, 7) is 25.6. The standard InChI is InChI=1S/C48H69N7O13/c1-43(2,3)64-35(57)22-25-48(26-23-36(58)65-44(4,5)6,27-24-37(59)66-45(7,8)9)54-34(56)28-32-20-21-33(38-49-29-50-55(32)38)63-39(60)30-16-18-31(19-17-30)51-40(52-41(61)67-46(10,11)12)53-42(62)68-47(13,14)15/h16-21,29H,22-28H2,1-15H3,(H,54,56)(H2,51,52,53,61,62). The van der Waals surface area contributed by atoms with Gasteiger partial charge < -0.3 is 39.1 Å². The molecule has 0 saturated heterocycles. The SMILES string of the molecule is CC(C)(C)OC(=O)CCC(CCC(=O)OC(C)(C)C)(CCC(=O)OC(C)(C)C)NC(=O)Cc1ccc(OC(=O)c2ccc(N/C(=N/C(=O)OC(C)(C)C)NC(=O)OC(C)(C)C)cc2)c2ncnn12. The lowest BCUT2D eigenvalue weighted by atomic mass is 9.83. The quantitative estimate of drug-likeness (QED) is 0.0565. The molecule has 2 heterocycles. The summed E-state index contributed by atoms with van der Waals surface area (Å²) >= 11 is 0. The maximum Gasteiger partial charge on any atom is 0.437 e. The zero-order chi connectivity index (χ0) is 51.5. The molecule has 1 aromatic carbocycles. The van der Waals surface area contributed by atoms with Gasteiger partial charge in [-0.3, -0.25) is 24.5 Å². The van der Waals surface area contributed by atoms with Crippen LogP contribution in [-0.4, -0.2) is 96.1 Å². The van der Waals surface area contributed by atoms with Crippen molar-refractivity contribution in [1.29, 1.82) is 0 Å². The molecule has 20 nitrogen and oxygen atoms in total. The first-order chi connectivity index (χ1) is 31.1. The van der Waals surface area contributed by atoms with Crippen molar-refractivity contribution in [1.82, 2.24) is 25.2 Å². The molecule has 2 aromatic heterocycles. The van der Waals surface area contributed by atoms with Crippen molar-refractivity contribution >= 4 is 59.3 Å². The zero-order valence-corrected chi connectivity index (χ0v) is 42.1. The van der Waals surface area contributed by atoms with E-state index in [0.29, 0.717) is 11.4 Å². The van der Waals surface area contributed by atoms with E-state index in [-0.39, 0.29) is 67.9 Å². The highest BCUT2D eigenvalue weighted by atomic mass is 16.6. The van der Waals surface area contributed by atoms with Crippen molar-refractivity contribution in [2.24, 2.45) is 4.99 Å². The van der Waals surface area contributed by atoms with Crippen molar-refractivity contribution < 1.29 is 62.0 Å². The number of ether oxygens (including phenoxy) is 6. The molecule has 0 radical (unpaired) electrons. The van der Waals surface area contributed by atoms with E-state index in [4.69, 9.17) is 28.4 Å². The zero-order valence-electron chi connectivity index (χ0n) is 42.1. The number of benzene rings is 1.